The minimum absolute atomic E-state index is 0.181. The standard InChI is InChI=1S/C32H26Br2I2N2O6S/c1-5-43-31(40)27-16(2)37-32-38(28(27)20-13-24(41-3)25(42-4)14-21(20)34)30(39)26(45-32)12-18-10-22(35)29(23(36)11-18)44-15-17-6-8-19(33)9-7-17/h6-14,28H,5,15H2,1-4H3/b26-12-/t28-/m0/s1. The van der Waals surface area contributed by atoms with Crippen molar-refractivity contribution in [2.45, 2.75) is 26.5 Å². The average Bonchev–Trinajstić information content (AvgIpc) is 3.30. The van der Waals surface area contributed by atoms with Gasteiger partial charge >= 0.3 is 5.97 Å². The third-order valence-corrected chi connectivity index (χ3v) is 10.7. The molecule has 0 bridgehead atoms. The number of fused-ring (bicyclic) bond motifs is 1. The quantitative estimate of drug-likeness (QED) is 0.131. The Morgan fingerprint density at radius 2 is 1.69 bits per heavy atom. The molecule has 13 heteroatoms. The smallest absolute Gasteiger partial charge is 0.338 e. The van der Waals surface area contributed by atoms with Gasteiger partial charge in [0.2, 0.25) is 0 Å². The van der Waals surface area contributed by atoms with E-state index in [2.05, 4.69) is 82.0 Å². The largest absolute Gasteiger partial charge is 0.493 e. The van der Waals surface area contributed by atoms with Crippen molar-refractivity contribution in [1.82, 2.24) is 4.57 Å². The average molecular weight is 980 g/mol. The number of thiazole rings is 1. The van der Waals surface area contributed by atoms with Crippen LogP contribution in [0, 0.1) is 7.14 Å². The number of allylic oxidation sites excluding steroid dienone is 1. The number of ether oxygens (including phenoxy) is 4. The first kappa shape index (κ1) is 34.1. The van der Waals surface area contributed by atoms with Crippen LogP contribution in [0.2, 0.25) is 0 Å². The Bertz CT molecular complexity index is 1980. The molecule has 0 radical (unpaired) electrons. The predicted molar refractivity (Wildman–Crippen MR) is 198 cm³/mol. The number of esters is 1. The maximum atomic E-state index is 14.1. The number of carbonyl (C=O) groups is 1. The molecule has 0 aliphatic carbocycles. The monoisotopic (exact) mass is 978 g/mol. The van der Waals surface area contributed by atoms with Crippen molar-refractivity contribution in [3.05, 3.63) is 112 Å². The van der Waals surface area contributed by atoms with Crippen molar-refractivity contribution >= 4 is 100 Å². The highest BCUT2D eigenvalue weighted by Gasteiger charge is 2.35. The SMILES string of the molecule is CCOC(=O)C1=C(C)N=c2s/c(=C\c3cc(I)c(OCc4ccc(Br)cc4)c(I)c3)c(=O)n2[C@H]1c1cc(OC)c(OC)cc1Br. The number of nitrogens with zero attached hydrogens (tertiary/aromatic N) is 2. The number of methoxy groups -OCH3 is 2. The van der Waals surface area contributed by atoms with Gasteiger partial charge in [0, 0.05) is 8.95 Å². The van der Waals surface area contributed by atoms with E-state index < -0.39 is 12.0 Å². The van der Waals surface area contributed by atoms with Crippen molar-refractivity contribution in [2.75, 3.05) is 20.8 Å². The second kappa shape index (κ2) is 14.7. The summed E-state index contributed by atoms with van der Waals surface area (Å²) in [5, 5.41) is 0. The summed E-state index contributed by atoms with van der Waals surface area (Å²) in [5.74, 6) is 1.21. The molecule has 1 aliphatic heterocycles. The zero-order chi connectivity index (χ0) is 32.4. The van der Waals surface area contributed by atoms with Crippen LogP contribution in [0.15, 0.2) is 78.5 Å². The molecular formula is C32H26Br2I2N2O6S. The molecule has 8 nitrogen and oxygen atoms in total. The molecule has 45 heavy (non-hydrogen) atoms. The zero-order valence-corrected chi connectivity index (χ0v) is 32.8. The van der Waals surface area contributed by atoms with Gasteiger partial charge in [-0.2, -0.15) is 0 Å². The van der Waals surface area contributed by atoms with Crippen molar-refractivity contribution < 1.29 is 23.7 Å². The van der Waals surface area contributed by atoms with E-state index in [1.807, 2.05) is 42.5 Å². The maximum absolute atomic E-state index is 14.1. The van der Waals surface area contributed by atoms with E-state index >= 15 is 0 Å². The Balaban J connectivity index is 1.60. The molecular weight excluding hydrogens is 954 g/mol. The van der Waals surface area contributed by atoms with E-state index in [0.717, 1.165) is 28.5 Å². The fraction of sp³-hybridized carbons (Fsp3) is 0.219. The van der Waals surface area contributed by atoms with E-state index in [9.17, 15) is 9.59 Å². The summed E-state index contributed by atoms with van der Waals surface area (Å²) in [6.07, 6.45) is 1.84. The lowest BCUT2D eigenvalue weighted by molar-refractivity contribution is -0.139. The summed E-state index contributed by atoms with van der Waals surface area (Å²) in [6, 6.07) is 14.7. The van der Waals surface area contributed by atoms with Gasteiger partial charge in [-0.05, 0) is 118 Å². The molecule has 234 valence electrons. The third kappa shape index (κ3) is 7.21. The minimum Gasteiger partial charge on any atom is -0.493 e. The van der Waals surface area contributed by atoms with Gasteiger partial charge in [0.1, 0.15) is 12.4 Å². The van der Waals surface area contributed by atoms with Gasteiger partial charge in [-0.25, -0.2) is 9.79 Å². The van der Waals surface area contributed by atoms with Gasteiger partial charge in [-0.15, -0.1) is 0 Å². The fourth-order valence-corrected chi connectivity index (χ4v) is 8.83. The molecule has 0 amide bonds. The van der Waals surface area contributed by atoms with E-state index in [1.54, 1.807) is 37.7 Å². The van der Waals surface area contributed by atoms with Crippen molar-refractivity contribution in [3.8, 4) is 17.2 Å². The molecule has 1 atom stereocenters. The molecule has 1 aliphatic rings. The molecule has 3 aromatic carbocycles. The van der Waals surface area contributed by atoms with E-state index in [4.69, 9.17) is 18.9 Å². The highest BCUT2D eigenvalue weighted by atomic mass is 127. The number of benzene rings is 3. The van der Waals surface area contributed by atoms with Gasteiger partial charge in [0.25, 0.3) is 5.56 Å². The fourth-order valence-electron chi connectivity index (χ4n) is 4.85. The second-order valence-corrected chi connectivity index (χ2v) is 14.9. The number of rotatable bonds is 9. The summed E-state index contributed by atoms with van der Waals surface area (Å²) in [7, 11) is 3.08. The summed E-state index contributed by atoms with van der Waals surface area (Å²) >= 11 is 12.9. The number of aromatic nitrogens is 1. The summed E-state index contributed by atoms with van der Waals surface area (Å²) in [6.45, 7) is 4.11. The van der Waals surface area contributed by atoms with Gasteiger partial charge < -0.3 is 18.9 Å². The molecule has 4 aromatic rings. The summed E-state index contributed by atoms with van der Waals surface area (Å²) < 4.78 is 28.1. The van der Waals surface area contributed by atoms with Crippen LogP contribution in [0.1, 0.15) is 36.6 Å². The first-order valence-corrected chi connectivity index (χ1v) is 18.1. The lowest BCUT2D eigenvalue weighted by Crippen LogP contribution is -2.40. The van der Waals surface area contributed by atoms with Gasteiger partial charge in [-0.1, -0.05) is 55.3 Å². The number of carbonyl (C=O) groups excluding carboxylic acids is 1. The molecule has 5 rings (SSSR count). The molecule has 1 aromatic heterocycles. The normalized spacial score (nSPS) is 14.6. The highest BCUT2D eigenvalue weighted by molar-refractivity contribution is 14.1. The second-order valence-electron chi connectivity index (χ2n) is 9.76. The number of halogens is 4. The number of hydrogen-bond donors (Lipinski definition) is 0. The Hall–Kier alpha value is -2.21. The van der Waals surface area contributed by atoms with Crippen LogP contribution in [-0.2, 0) is 16.1 Å². The first-order chi connectivity index (χ1) is 21.6. The van der Waals surface area contributed by atoms with Crippen LogP contribution < -0.4 is 29.1 Å². The van der Waals surface area contributed by atoms with Crippen LogP contribution >= 0.6 is 88.4 Å². The lowest BCUT2D eigenvalue weighted by Gasteiger charge is -2.26. The van der Waals surface area contributed by atoms with E-state index in [0.29, 0.717) is 43.2 Å². The van der Waals surface area contributed by atoms with Crippen LogP contribution in [0.25, 0.3) is 6.08 Å². The first-order valence-electron chi connectivity index (χ1n) is 13.5. The number of hydrogen-bond acceptors (Lipinski definition) is 8. The molecule has 2 heterocycles. The van der Waals surface area contributed by atoms with Crippen LogP contribution in [0.3, 0.4) is 0 Å². The summed E-state index contributed by atoms with van der Waals surface area (Å²) in [5.41, 5.74) is 3.01. The molecule has 0 fully saturated rings. The van der Waals surface area contributed by atoms with Gasteiger partial charge in [-0.3, -0.25) is 9.36 Å². The van der Waals surface area contributed by atoms with E-state index in [1.165, 1.54) is 18.4 Å². The van der Waals surface area contributed by atoms with E-state index in [-0.39, 0.29) is 17.7 Å². The third-order valence-electron chi connectivity index (χ3n) is 6.93. The Labute approximate surface area is 307 Å². The van der Waals surface area contributed by atoms with Crippen LogP contribution in [0.4, 0.5) is 0 Å². The van der Waals surface area contributed by atoms with Crippen LogP contribution in [0.5, 0.6) is 17.2 Å². The van der Waals surface area contributed by atoms with Crippen molar-refractivity contribution in [3.63, 3.8) is 0 Å². The topological polar surface area (TPSA) is 88.4 Å². The van der Waals surface area contributed by atoms with Gasteiger partial charge in [0.05, 0.1) is 49.8 Å². The maximum Gasteiger partial charge on any atom is 0.338 e. The molecule has 0 spiro atoms. The van der Waals surface area contributed by atoms with Gasteiger partial charge in [0.15, 0.2) is 16.3 Å². The zero-order valence-electron chi connectivity index (χ0n) is 24.5. The van der Waals surface area contributed by atoms with Crippen LogP contribution in [-0.4, -0.2) is 31.4 Å². The predicted octanol–water partition coefficient (Wildman–Crippen LogP) is 7.13. The Morgan fingerprint density at radius 1 is 1.04 bits per heavy atom. The Morgan fingerprint density at radius 3 is 2.31 bits per heavy atom. The minimum atomic E-state index is -0.814. The van der Waals surface area contributed by atoms with Crippen molar-refractivity contribution in [2.24, 2.45) is 4.99 Å². The molecule has 0 saturated carbocycles. The summed E-state index contributed by atoms with van der Waals surface area (Å²) in [4.78, 5) is 32.6. The highest BCUT2D eigenvalue weighted by Crippen LogP contribution is 2.41. The molecule has 0 unspecified atom stereocenters. The van der Waals surface area contributed by atoms with Crippen molar-refractivity contribution in [1.29, 1.82) is 0 Å². The lowest BCUT2D eigenvalue weighted by atomic mass is 9.95. The molecule has 0 N–H and O–H groups in total. The molecule has 0 saturated heterocycles. The Kier molecular flexibility index (Phi) is 11.1.